The second-order valence-corrected chi connectivity index (χ2v) is 7.69. The normalized spacial score (nSPS) is 37.3. The van der Waals surface area contributed by atoms with Crippen molar-refractivity contribution in [3.63, 3.8) is 0 Å². The summed E-state index contributed by atoms with van der Waals surface area (Å²) in [6, 6.07) is 12.6. The Bertz CT molecular complexity index is 417. The predicted octanol–water partition coefficient (Wildman–Crippen LogP) is 5.13. The first-order valence-corrected chi connectivity index (χ1v) is 9.03. The van der Waals surface area contributed by atoms with E-state index in [9.17, 15) is 0 Å². The van der Waals surface area contributed by atoms with Gasteiger partial charge in [0.05, 0.1) is 0 Å². The Hall–Kier alpha value is -0.820. The highest BCUT2D eigenvalue weighted by Crippen LogP contribution is 2.35. The molecule has 4 unspecified atom stereocenters. The van der Waals surface area contributed by atoms with Gasteiger partial charge in [0.2, 0.25) is 0 Å². The molecule has 1 aromatic carbocycles. The zero-order valence-corrected chi connectivity index (χ0v) is 13.7. The van der Waals surface area contributed by atoms with Gasteiger partial charge >= 0.3 is 0 Å². The molecule has 116 valence electrons. The van der Waals surface area contributed by atoms with Crippen molar-refractivity contribution in [3.05, 3.63) is 35.9 Å². The topological polar surface area (TPSA) is 12.0 Å². The Morgan fingerprint density at radius 2 is 1.52 bits per heavy atom. The third-order valence-electron chi connectivity index (χ3n) is 5.62. The summed E-state index contributed by atoms with van der Waals surface area (Å²) in [5.74, 6) is 2.52. The summed E-state index contributed by atoms with van der Waals surface area (Å²) in [5.41, 5.74) is 1.55. The maximum atomic E-state index is 4.07. The van der Waals surface area contributed by atoms with E-state index in [-0.39, 0.29) is 0 Å². The van der Waals surface area contributed by atoms with Gasteiger partial charge in [0, 0.05) is 12.1 Å². The van der Waals surface area contributed by atoms with Crippen molar-refractivity contribution in [1.29, 1.82) is 0 Å². The highest BCUT2D eigenvalue weighted by atomic mass is 15.0. The van der Waals surface area contributed by atoms with E-state index < -0.39 is 0 Å². The first kappa shape index (κ1) is 15.1. The minimum Gasteiger partial charge on any atom is -0.311 e. The minimum absolute atomic E-state index is 0.698. The van der Waals surface area contributed by atoms with E-state index in [1.54, 1.807) is 5.56 Å². The van der Waals surface area contributed by atoms with Crippen LogP contribution in [0.4, 0.5) is 0 Å². The molecule has 0 heterocycles. The van der Waals surface area contributed by atoms with Crippen molar-refractivity contribution in [2.45, 2.75) is 76.8 Å². The molecule has 0 aliphatic heterocycles. The molecule has 0 saturated heterocycles. The van der Waals surface area contributed by atoms with Gasteiger partial charge in [0.15, 0.2) is 0 Å². The fourth-order valence-corrected chi connectivity index (χ4v) is 4.82. The van der Waals surface area contributed by atoms with Gasteiger partial charge in [0.25, 0.3) is 0 Å². The minimum atomic E-state index is 0.698. The van der Waals surface area contributed by atoms with Crippen molar-refractivity contribution in [3.8, 4) is 0 Å². The number of hydrogen-bond donors (Lipinski definition) is 1. The van der Waals surface area contributed by atoms with Crippen LogP contribution in [0.2, 0.25) is 0 Å². The van der Waals surface area contributed by atoms with Gasteiger partial charge < -0.3 is 5.32 Å². The standard InChI is InChI=1S/C20H31N/c1-15-12-16(2)14-18(13-15)21-20-11-7-6-10-19(20)17-8-4-3-5-9-17/h3-5,8-9,15-16,18-21H,6-7,10-14H2,1-2H3. The summed E-state index contributed by atoms with van der Waals surface area (Å²) in [4.78, 5) is 0. The molecular weight excluding hydrogens is 254 g/mol. The molecule has 2 aliphatic rings. The van der Waals surface area contributed by atoms with E-state index in [4.69, 9.17) is 0 Å². The Labute approximate surface area is 130 Å². The molecular formula is C20H31N. The van der Waals surface area contributed by atoms with Crippen LogP contribution >= 0.6 is 0 Å². The molecule has 4 atom stereocenters. The maximum absolute atomic E-state index is 4.07. The first-order valence-electron chi connectivity index (χ1n) is 9.03. The number of rotatable bonds is 3. The zero-order chi connectivity index (χ0) is 14.7. The lowest BCUT2D eigenvalue weighted by Gasteiger charge is -2.39. The summed E-state index contributed by atoms with van der Waals surface area (Å²) < 4.78 is 0. The molecule has 0 amide bonds. The second kappa shape index (κ2) is 6.96. The van der Waals surface area contributed by atoms with Crippen LogP contribution in [0.3, 0.4) is 0 Å². The van der Waals surface area contributed by atoms with Crippen molar-refractivity contribution in [2.24, 2.45) is 11.8 Å². The van der Waals surface area contributed by atoms with E-state index in [0.717, 1.165) is 23.8 Å². The predicted molar refractivity (Wildman–Crippen MR) is 90.5 cm³/mol. The second-order valence-electron chi connectivity index (χ2n) is 7.69. The van der Waals surface area contributed by atoms with Gasteiger partial charge in [0.1, 0.15) is 0 Å². The fraction of sp³-hybridized carbons (Fsp3) is 0.700. The van der Waals surface area contributed by atoms with E-state index in [1.165, 1.54) is 44.9 Å². The van der Waals surface area contributed by atoms with E-state index >= 15 is 0 Å². The molecule has 0 bridgehead atoms. The summed E-state index contributed by atoms with van der Waals surface area (Å²) in [6.45, 7) is 4.86. The Morgan fingerprint density at radius 3 is 2.24 bits per heavy atom. The van der Waals surface area contributed by atoms with Crippen LogP contribution in [0.15, 0.2) is 30.3 Å². The van der Waals surface area contributed by atoms with E-state index in [1.807, 2.05) is 0 Å². The third-order valence-corrected chi connectivity index (χ3v) is 5.62. The molecule has 1 nitrogen and oxygen atoms in total. The SMILES string of the molecule is CC1CC(C)CC(NC2CCCCC2c2ccccc2)C1. The molecule has 0 radical (unpaired) electrons. The summed E-state index contributed by atoms with van der Waals surface area (Å²) in [7, 11) is 0. The average Bonchev–Trinajstić information content (AvgIpc) is 2.48. The van der Waals surface area contributed by atoms with Gasteiger partial charge in [-0.3, -0.25) is 0 Å². The molecule has 1 N–H and O–H groups in total. The largest absolute Gasteiger partial charge is 0.311 e. The lowest BCUT2D eigenvalue weighted by molar-refractivity contribution is 0.202. The number of hydrogen-bond acceptors (Lipinski definition) is 1. The van der Waals surface area contributed by atoms with Gasteiger partial charge in [-0.2, -0.15) is 0 Å². The van der Waals surface area contributed by atoms with Crippen LogP contribution in [0.5, 0.6) is 0 Å². The Kier molecular flexibility index (Phi) is 5.00. The molecule has 0 aromatic heterocycles. The Balaban J connectivity index is 1.67. The molecule has 0 spiro atoms. The molecule has 2 aliphatic carbocycles. The molecule has 3 rings (SSSR count). The smallest absolute Gasteiger partial charge is 0.0138 e. The first-order chi connectivity index (χ1) is 10.2. The lowest BCUT2D eigenvalue weighted by atomic mass is 9.77. The summed E-state index contributed by atoms with van der Waals surface area (Å²) in [5, 5.41) is 4.07. The summed E-state index contributed by atoms with van der Waals surface area (Å²) >= 11 is 0. The number of benzene rings is 1. The molecule has 2 saturated carbocycles. The molecule has 2 fully saturated rings. The molecule has 1 aromatic rings. The number of nitrogens with one attached hydrogen (secondary N) is 1. The third kappa shape index (κ3) is 3.88. The van der Waals surface area contributed by atoms with Crippen LogP contribution in [0.25, 0.3) is 0 Å². The van der Waals surface area contributed by atoms with Gasteiger partial charge in [-0.05, 0) is 55.4 Å². The quantitative estimate of drug-likeness (QED) is 0.812. The lowest BCUT2D eigenvalue weighted by Crippen LogP contribution is -2.46. The van der Waals surface area contributed by atoms with Crippen molar-refractivity contribution >= 4 is 0 Å². The van der Waals surface area contributed by atoms with Gasteiger partial charge in [-0.15, -0.1) is 0 Å². The van der Waals surface area contributed by atoms with Crippen LogP contribution in [0, 0.1) is 11.8 Å². The Morgan fingerprint density at radius 1 is 0.857 bits per heavy atom. The highest BCUT2D eigenvalue weighted by Gasteiger charge is 2.31. The van der Waals surface area contributed by atoms with E-state index in [0.29, 0.717) is 6.04 Å². The van der Waals surface area contributed by atoms with Gasteiger partial charge in [-0.1, -0.05) is 57.0 Å². The van der Waals surface area contributed by atoms with Crippen molar-refractivity contribution in [1.82, 2.24) is 5.32 Å². The van der Waals surface area contributed by atoms with Gasteiger partial charge in [-0.25, -0.2) is 0 Å². The fourth-order valence-electron chi connectivity index (χ4n) is 4.82. The highest BCUT2D eigenvalue weighted by molar-refractivity contribution is 5.22. The molecule has 1 heteroatoms. The van der Waals surface area contributed by atoms with Crippen LogP contribution in [-0.4, -0.2) is 12.1 Å². The summed E-state index contributed by atoms with van der Waals surface area (Å²) in [6.07, 6.45) is 9.70. The molecule has 21 heavy (non-hydrogen) atoms. The van der Waals surface area contributed by atoms with Crippen LogP contribution < -0.4 is 5.32 Å². The van der Waals surface area contributed by atoms with Crippen molar-refractivity contribution in [2.75, 3.05) is 0 Å². The average molecular weight is 285 g/mol. The van der Waals surface area contributed by atoms with Crippen LogP contribution in [-0.2, 0) is 0 Å². The van der Waals surface area contributed by atoms with Crippen molar-refractivity contribution < 1.29 is 0 Å². The monoisotopic (exact) mass is 285 g/mol. The maximum Gasteiger partial charge on any atom is 0.0138 e. The van der Waals surface area contributed by atoms with Crippen LogP contribution in [0.1, 0.15) is 70.3 Å². The zero-order valence-electron chi connectivity index (χ0n) is 13.7. The van der Waals surface area contributed by atoms with E-state index in [2.05, 4.69) is 49.5 Å².